The maximum Gasteiger partial charge on any atom is 0.319 e. The van der Waals surface area contributed by atoms with Crippen molar-refractivity contribution < 1.29 is 25.4 Å². The predicted octanol–water partition coefficient (Wildman–Crippen LogP) is 4.82. The van der Waals surface area contributed by atoms with Crippen molar-refractivity contribution in [2.75, 3.05) is 50.0 Å². The Morgan fingerprint density at radius 3 is 3.05 bits per heavy atom. The van der Waals surface area contributed by atoms with Gasteiger partial charge in [-0.1, -0.05) is 0 Å². The second-order valence-corrected chi connectivity index (χ2v) is 12.7. The SMILES string of the molecule is [2H]C([2H])(Oc1nc(N2CCOC[C@H]3C[C@H]32)c2cnc(-c3ccc(F)c4sc(N)c(C#N)c34)c(F)c2n1)[C@@]12CCCN1C[C@H](F)C2. The van der Waals surface area contributed by atoms with Crippen LogP contribution in [0.1, 0.15) is 34.0 Å². The van der Waals surface area contributed by atoms with E-state index in [1.807, 2.05) is 11.0 Å². The minimum Gasteiger partial charge on any atom is -0.461 e. The molecule has 1 saturated carbocycles. The van der Waals surface area contributed by atoms with Gasteiger partial charge in [0, 0.05) is 48.6 Å². The summed E-state index contributed by atoms with van der Waals surface area (Å²) in [5.41, 5.74) is 4.66. The highest BCUT2D eigenvalue weighted by atomic mass is 32.1. The first-order chi connectivity index (χ1) is 21.6. The van der Waals surface area contributed by atoms with Gasteiger partial charge in [-0.05, 0) is 37.9 Å². The van der Waals surface area contributed by atoms with Crippen LogP contribution >= 0.6 is 11.3 Å². The average Bonchev–Trinajstić information content (AvgIpc) is 3.41. The van der Waals surface area contributed by atoms with Crippen LogP contribution in [0.5, 0.6) is 6.01 Å². The van der Waals surface area contributed by atoms with Crippen molar-refractivity contribution in [3.05, 3.63) is 35.5 Å². The largest absolute Gasteiger partial charge is 0.461 e. The lowest BCUT2D eigenvalue weighted by atomic mass is 9.95. The number of benzene rings is 1. The molecule has 13 heteroatoms. The molecule has 222 valence electrons. The lowest BCUT2D eigenvalue weighted by molar-refractivity contribution is 0.107. The highest BCUT2D eigenvalue weighted by molar-refractivity contribution is 7.23. The number of thiophene rings is 1. The van der Waals surface area contributed by atoms with Gasteiger partial charge in [-0.2, -0.15) is 15.2 Å². The Morgan fingerprint density at radius 1 is 1.30 bits per heavy atom. The number of rotatable bonds is 5. The van der Waals surface area contributed by atoms with Crippen LogP contribution in [0.3, 0.4) is 0 Å². The molecule has 4 fully saturated rings. The number of hydrogen-bond acceptors (Lipinski definition) is 10. The first-order valence-electron chi connectivity index (χ1n) is 15.3. The fourth-order valence-electron chi connectivity index (χ4n) is 6.99. The van der Waals surface area contributed by atoms with E-state index in [1.54, 1.807) is 4.90 Å². The second kappa shape index (κ2) is 9.90. The second-order valence-electron chi connectivity index (χ2n) is 11.7. The highest BCUT2D eigenvalue weighted by Gasteiger charge is 2.49. The first-order valence-corrected chi connectivity index (χ1v) is 15.1. The quantitative estimate of drug-likeness (QED) is 0.340. The molecule has 4 atom stereocenters. The minimum atomic E-state index is -2.38. The van der Waals surface area contributed by atoms with Gasteiger partial charge in [0.2, 0.25) is 0 Å². The number of hydrogen-bond donors (Lipinski definition) is 1. The summed E-state index contributed by atoms with van der Waals surface area (Å²) in [5, 5.41) is 10.3. The third-order valence-electron chi connectivity index (χ3n) is 9.13. The van der Waals surface area contributed by atoms with Gasteiger partial charge in [0.1, 0.15) is 46.6 Å². The van der Waals surface area contributed by atoms with Crippen molar-refractivity contribution in [1.82, 2.24) is 19.9 Å². The third-order valence-corrected chi connectivity index (χ3v) is 10.2. The molecule has 9 nitrogen and oxygen atoms in total. The molecular weight excluding hydrogens is 579 g/mol. The number of halogens is 3. The molecule has 3 saturated heterocycles. The van der Waals surface area contributed by atoms with Gasteiger partial charge in [-0.3, -0.25) is 9.88 Å². The molecular formula is C30H28F3N7O2S. The summed E-state index contributed by atoms with van der Waals surface area (Å²) in [6.07, 6.45) is 2.18. The van der Waals surface area contributed by atoms with Gasteiger partial charge in [-0.15, -0.1) is 11.3 Å². The average molecular weight is 610 g/mol. The van der Waals surface area contributed by atoms with E-state index < -0.39 is 29.9 Å². The number of nitrogens with zero attached hydrogens (tertiary/aromatic N) is 6. The molecule has 43 heavy (non-hydrogen) atoms. The summed E-state index contributed by atoms with van der Waals surface area (Å²) in [6, 6.07) is 4.22. The highest BCUT2D eigenvalue weighted by Crippen LogP contribution is 2.45. The first kappa shape index (κ1) is 24.7. The standard InChI is InChI=1S/C30H28F3N7O2S/c31-16-9-30(4-1-5-39(30)12-16)14-42-29-37-25-19(28(38-29)40-6-7-41-13-15-8-21(15)40)11-36-24(23(25)33)17-2-3-20(32)26-22(17)18(10-34)27(35)43-26/h2-3,11,15-16,21H,1,4-9,12-14,35H2/t15-,16-,21-,30+/m1/s1/i14D2. The number of alkyl halides is 1. The summed E-state index contributed by atoms with van der Waals surface area (Å²) in [6.45, 7) is -0.230. The summed E-state index contributed by atoms with van der Waals surface area (Å²) >= 11 is 0.898. The zero-order valence-electron chi connectivity index (χ0n) is 24.9. The molecule has 3 aromatic heterocycles. The van der Waals surface area contributed by atoms with E-state index >= 15 is 4.39 Å². The van der Waals surface area contributed by atoms with Crippen LogP contribution in [-0.4, -0.2) is 77.0 Å². The number of nitrogen functional groups attached to an aromatic ring is 1. The maximum absolute atomic E-state index is 16.7. The van der Waals surface area contributed by atoms with Gasteiger partial charge in [-0.25, -0.2) is 13.2 Å². The summed E-state index contributed by atoms with van der Waals surface area (Å²) in [7, 11) is 0. The number of anilines is 2. The summed E-state index contributed by atoms with van der Waals surface area (Å²) in [4.78, 5) is 17.3. The van der Waals surface area contributed by atoms with Crippen molar-refractivity contribution in [3.8, 4) is 23.3 Å². The van der Waals surface area contributed by atoms with Gasteiger partial charge in [0.05, 0.1) is 37.1 Å². The number of pyridine rings is 1. The summed E-state index contributed by atoms with van der Waals surface area (Å²) in [5.74, 6) is -0.857. The number of fused-ring (bicyclic) bond motifs is 4. The van der Waals surface area contributed by atoms with Crippen LogP contribution in [0.2, 0.25) is 0 Å². The van der Waals surface area contributed by atoms with Gasteiger partial charge >= 0.3 is 6.01 Å². The topological polar surface area (TPSA) is 113 Å². The van der Waals surface area contributed by atoms with Crippen molar-refractivity contribution in [3.63, 3.8) is 0 Å². The number of nitriles is 1. The predicted molar refractivity (Wildman–Crippen MR) is 156 cm³/mol. The van der Waals surface area contributed by atoms with E-state index in [4.69, 9.17) is 17.9 Å². The molecule has 1 aliphatic carbocycles. The fraction of sp³-hybridized carbons (Fsp3) is 0.467. The Kier molecular flexibility index (Phi) is 5.68. The lowest BCUT2D eigenvalue weighted by Gasteiger charge is -2.31. The molecule has 0 unspecified atom stereocenters. The van der Waals surface area contributed by atoms with E-state index in [0.717, 1.165) is 17.8 Å². The molecule has 1 aromatic carbocycles. The van der Waals surface area contributed by atoms with Crippen molar-refractivity contribution in [1.29, 1.82) is 5.26 Å². The zero-order valence-corrected chi connectivity index (χ0v) is 23.8. The molecule has 8 rings (SSSR count). The Morgan fingerprint density at radius 2 is 2.19 bits per heavy atom. The molecule has 0 bridgehead atoms. The van der Waals surface area contributed by atoms with E-state index in [-0.39, 0.29) is 73.7 Å². The third kappa shape index (κ3) is 4.22. The van der Waals surface area contributed by atoms with Crippen molar-refractivity contribution in [2.45, 2.75) is 43.4 Å². The molecule has 4 aliphatic rings. The van der Waals surface area contributed by atoms with Gasteiger partial charge in [0.25, 0.3) is 0 Å². The van der Waals surface area contributed by atoms with Crippen LogP contribution in [0.15, 0.2) is 18.3 Å². The number of aromatic nitrogens is 3. The molecule has 2 N–H and O–H groups in total. The van der Waals surface area contributed by atoms with Crippen LogP contribution in [0.4, 0.5) is 24.0 Å². The fourth-order valence-corrected chi connectivity index (χ4v) is 7.94. The van der Waals surface area contributed by atoms with Crippen LogP contribution in [0.25, 0.3) is 32.2 Å². The molecule has 0 radical (unpaired) electrons. The van der Waals surface area contributed by atoms with Crippen molar-refractivity contribution in [2.24, 2.45) is 5.92 Å². The molecule has 6 heterocycles. The maximum atomic E-state index is 16.7. The lowest BCUT2D eigenvalue weighted by Crippen LogP contribution is -2.43. The molecule has 3 aliphatic heterocycles. The Bertz CT molecular complexity index is 1920. The van der Waals surface area contributed by atoms with Crippen LogP contribution in [0, 0.1) is 28.9 Å². The van der Waals surface area contributed by atoms with Crippen molar-refractivity contribution >= 4 is 43.1 Å². The Balaban J connectivity index is 1.31. The normalized spacial score (nSPS) is 27.9. The smallest absolute Gasteiger partial charge is 0.319 e. The van der Waals surface area contributed by atoms with E-state index in [9.17, 15) is 14.0 Å². The monoisotopic (exact) mass is 609 g/mol. The van der Waals surface area contributed by atoms with Crippen LogP contribution in [-0.2, 0) is 4.74 Å². The van der Waals surface area contributed by atoms with E-state index in [1.165, 1.54) is 18.3 Å². The molecule has 4 aromatic rings. The number of ether oxygens (including phenoxy) is 2. The zero-order chi connectivity index (χ0) is 31.2. The van der Waals surface area contributed by atoms with E-state index in [0.29, 0.717) is 45.0 Å². The molecule has 0 amide bonds. The summed E-state index contributed by atoms with van der Waals surface area (Å²) < 4.78 is 75.9. The Hall–Kier alpha value is -3.73. The van der Waals surface area contributed by atoms with Gasteiger partial charge < -0.3 is 20.1 Å². The van der Waals surface area contributed by atoms with Crippen LogP contribution < -0.4 is 15.4 Å². The number of nitrogens with two attached hydrogens (primary N) is 1. The molecule has 0 spiro atoms. The Labute approximate surface area is 251 Å². The minimum absolute atomic E-state index is 0.0261. The van der Waals surface area contributed by atoms with E-state index in [2.05, 4.69) is 15.0 Å². The van der Waals surface area contributed by atoms with Gasteiger partial charge in [0.15, 0.2) is 5.82 Å².